The molecule has 0 aliphatic rings. The molecule has 5 heteroatoms. The Morgan fingerprint density at radius 3 is 2.38 bits per heavy atom. The van der Waals surface area contributed by atoms with E-state index in [4.69, 9.17) is 15.6 Å². The van der Waals surface area contributed by atoms with E-state index < -0.39 is 17.4 Å². The molecule has 1 unspecified atom stereocenters. The van der Waals surface area contributed by atoms with E-state index in [1.165, 1.54) is 0 Å². The van der Waals surface area contributed by atoms with Gasteiger partial charge in [-0.15, -0.1) is 0 Å². The van der Waals surface area contributed by atoms with Crippen LogP contribution < -0.4 is 10.5 Å². The number of halogens is 2. The van der Waals surface area contributed by atoms with Crippen LogP contribution >= 0.6 is 0 Å². The lowest BCUT2D eigenvalue weighted by Gasteiger charge is -2.12. The molecule has 3 N–H and O–H groups in total. The second-order valence-electron chi connectivity index (χ2n) is 3.69. The van der Waals surface area contributed by atoms with E-state index in [0.29, 0.717) is 5.56 Å². The van der Waals surface area contributed by atoms with Crippen LogP contribution in [0.25, 0.3) is 0 Å². The molecule has 16 heavy (non-hydrogen) atoms. The molecule has 0 bridgehead atoms. The highest BCUT2D eigenvalue weighted by molar-refractivity contribution is 5.31. The van der Waals surface area contributed by atoms with Crippen molar-refractivity contribution in [3.05, 3.63) is 29.3 Å². The van der Waals surface area contributed by atoms with Gasteiger partial charge in [-0.3, -0.25) is 0 Å². The van der Waals surface area contributed by atoms with Crippen molar-refractivity contribution >= 4 is 0 Å². The van der Waals surface area contributed by atoms with E-state index in [1.807, 2.05) is 0 Å². The molecule has 0 aromatic heterocycles. The first-order valence-electron chi connectivity index (χ1n) is 5.00. The topological polar surface area (TPSA) is 55.5 Å². The molecule has 0 spiro atoms. The zero-order valence-electron chi connectivity index (χ0n) is 9.04. The number of aliphatic hydroxyl groups is 1. The predicted molar refractivity (Wildman–Crippen MR) is 56.0 cm³/mol. The highest BCUT2D eigenvalue weighted by atomic mass is 19.1. The SMILES string of the molecule is CC(CO)COc1c(F)cc(CN)cc1F. The normalized spacial score (nSPS) is 12.6. The molecule has 0 aliphatic carbocycles. The van der Waals surface area contributed by atoms with Crippen molar-refractivity contribution < 1.29 is 18.6 Å². The minimum absolute atomic E-state index is 0.0618. The predicted octanol–water partition coefficient (Wildman–Crippen LogP) is 1.43. The number of benzene rings is 1. The largest absolute Gasteiger partial charge is 0.487 e. The fourth-order valence-corrected chi connectivity index (χ4v) is 1.15. The molecule has 0 aliphatic heterocycles. The summed E-state index contributed by atoms with van der Waals surface area (Å²) in [7, 11) is 0. The third-order valence-corrected chi connectivity index (χ3v) is 2.12. The second-order valence-corrected chi connectivity index (χ2v) is 3.69. The summed E-state index contributed by atoms with van der Waals surface area (Å²) >= 11 is 0. The fraction of sp³-hybridized carbons (Fsp3) is 0.455. The Bertz CT molecular complexity index is 335. The molecule has 90 valence electrons. The lowest BCUT2D eigenvalue weighted by atomic mass is 10.2. The minimum Gasteiger partial charge on any atom is -0.487 e. The highest BCUT2D eigenvalue weighted by Crippen LogP contribution is 2.23. The summed E-state index contributed by atoms with van der Waals surface area (Å²) in [5.41, 5.74) is 5.65. The lowest BCUT2D eigenvalue weighted by Crippen LogP contribution is -2.13. The van der Waals surface area contributed by atoms with Crippen LogP contribution in [0.4, 0.5) is 8.78 Å². The summed E-state index contributed by atoms with van der Waals surface area (Å²) in [4.78, 5) is 0. The van der Waals surface area contributed by atoms with Crippen molar-refractivity contribution in [1.82, 2.24) is 0 Å². The van der Waals surface area contributed by atoms with Gasteiger partial charge in [-0.25, -0.2) is 8.78 Å². The van der Waals surface area contributed by atoms with Gasteiger partial charge in [-0.2, -0.15) is 0 Å². The van der Waals surface area contributed by atoms with Gasteiger partial charge in [0.25, 0.3) is 0 Å². The molecule has 0 heterocycles. The molecule has 0 saturated heterocycles. The Morgan fingerprint density at radius 2 is 1.94 bits per heavy atom. The van der Waals surface area contributed by atoms with Crippen LogP contribution in [0.15, 0.2) is 12.1 Å². The van der Waals surface area contributed by atoms with Gasteiger partial charge < -0.3 is 15.6 Å². The quantitative estimate of drug-likeness (QED) is 0.806. The van der Waals surface area contributed by atoms with Gasteiger partial charge in [0.1, 0.15) is 0 Å². The van der Waals surface area contributed by atoms with E-state index >= 15 is 0 Å². The van der Waals surface area contributed by atoms with Crippen LogP contribution in [0.1, 0.15) is 12.5 Å². The summed E-state index contributed by atoms with van der Waals surface area (Å²) in [5, 5.41) is 8.75. The maximum absolute atomic E-state index is 13.4. The van der Waals surface area contributed by atoms with Gasteiger partial charge in [-0.1, -0.05) is 6.92 Å². The van der Waals surface area contributed by atoms with E-state index in [0.717, 1.165) is 12.1 Å². The maximum atomic E-state index is 13.4. The van der Waals surface area contributed by atoms with Crippen molar-refractivity contribution in [2.45, 2.75) is 13.5 Å². The molecule has 0 radical (unpaired) electrons. The number of nitrogens with two attached hydrogens (primary N) is 1. The summed E-state index contributed by atoms with van der Waals surface area (Å²) in [6.45, 7) is 1.75. The monoisotopic (exact) mass is 231 g/mol. The molecule has 0 fully saturated rings. The summed E-state index contributed by atoms with van der Waals surface area (Å²) in [5.74, 6) is -2.14. The first-order chi connectivity index (χ1) is 7.58. The summed E-state index contributed by atoms with van der Waals surface area (Å²) in [6.07, 6.45) is 0. The number of hydrogen-bond donors (Lipinski definition) is 2. The first kappa shape index (κ1) is 12.9. The molecule has 3 nitrogen and oxygen atoms in total. The molecule has 1 aromatic rings. The van der Waals surface area contributed by atoms with Crippen LogP contribution in [-0.4, -0.2) is 18.3 Å². The molecular formula is C11H15F2NO2. The first-order valence-corrected chi connectivity index (χ1v) is 5.00. The van der Waals surface area contributed by atoms with Gasteiger partial charge in [0.05, 0.1) is 6.61 Å². The Labute approximate surface area is 92.8 Å². The third-order valence-electron chi connectivity index (χ3n) is 2.12. The second kappa shape index (κ2) is 5.77. The molecular weight excluding hydrogens is 216 g/mol. The Morgan fingerprint density at radius 1 is 1.38 bits per heavy atom. The van der Waals surface area contributed by atoms with Crippen LogP contribution in [0.3, 0.4) is 0 Å². The van der Waals surface area contributed by atoms with E-state index in [2.05, 4.69) is 0 Å². The van der Waals surface area contributed by atoms with Crippen LogP contribution in [-0.2, 0) is 6.54 Å². The minimum atomic E-state index is -0.773. The van der Waals surface area contributed by atoms with Crippen molar-refractivity contribution in [1.29, 1.82) is 0 Å². The van der Waals surface area contributed by atoms with Crippen LogP contribution in [0.2, 0.25) is 0 Å². The van der Waals surface area contributed by atoms with Crippen LogP contribution in [0.5, 0.6) is 5.75 Å². The molecule has 1 rings (SSSR count). The highest BCUT2D eigenvalue weighted by Gasteiger charge is 2.13. The van der Waals surface area contributed by atoms with Gasteiger partial charge in [0, 0.05) is 19.1 Å². The average Bonchev–Trinajstić information content (AvgIpc) is 2.27. The van der Waals surface area contributed by atoms with E-state index in [-0.39, 0.29) is 25.7 Å². The Balaban J connectivity index is 2.80. The number of rotatable bonds is 5. The van der Waals surface area contributed by atoms with Crippen molar-refractivity contribution in [3.63, 3.8) is 0 Å². The number of ether oxygens (including phenoxy) is 1. The molecule has 1 aromatic carbocycles. The molecule has 1 atom stereocenters. The average molecular weight is 231 g/mol. The van der Waals surface area contributed by atoms with Gasteiger partial charge >= 0.3 is 0 Å². The Kier molecular flexibility index (Phi) is 4.64. The van der Waals surface area contributed by atoms with E-state index in [9.17, 15) is 8.78 Å². The maximum Gasteiger partial charge on any atom is 0.190 e. The van der Waals surface area contributed by atoms with Crippen molar-refractivity contribution in [3.8, 4) is 5.75 Å². The Hall–Kier alpha value is -1.20. The van der Waals surface area contributed by atoms with E-state index in [1.54, 1.807) is 6.92 Å². The van der Waals surface area contributed by atoms with Gasteiger partial charge in [0.15, 0.2) is 17.4 Å². The smallest absolute Gasteiger partial charge is 0.190 e. The standard InChI is InChI=1S/C11H15F2NO2/c1-7(5-15)6-16-11-9(12)2-8(4-14)3-10(11)13/h2-3,7,15H,4-6,14H2,1H3. The zero-order valence-corrected chi connectivity index (χ0v) is 9.04. The van der Waals surface area contributed by atoms with Crippen molar-refractivity contribution in [2.75, 3.05) is 13.2 Å². The van der Waals surface area contributed by atoms with Gasteiger partial charge in [0.2, 0.25) is 0 Å². The number of hydrogen-bond acceptors (Lipinski definition) is 3. The lowest BCUT2D eigenvalue weighted by molar-refractivity contribution is 0.167. The molecule has 0 saturated carbocycles. The molecule has 0 amide bonds. The fourth-order valence-electron chi connectivity index (χ4n) is 1.15. The summed E-state index contributed by atoms with van der Waals surface area (Å²) < 4.78 is 31.7. The van der Waals surface area contributed by atoms with Crippen molar-refractivity contribution in [2.24, 2.45) is 11.7 Å². The summed E-state index contributed by atoms with van der Waals surface area (Å²) in [6, 6.07) is 2.28. The third kappa shape index (κ3) is 3.15. The van der Waals surface area contributed by atoms with Gasteiger partial charge in [-0.05, 0) is 17.7 Å². The zero-order chi connectivity index (χ0) is 12.1. The van der Waals surface area contributed by atoms with Crippen LogP contribution in [0, 0.1) is 17.6 Å². The number of aliphatic hydroxyl groups excluding tert-OH is 1.